The summed E-state index contributed by atoms with van der Waals surface area (Å²) in [5, 5.41) is 4.88. The van der Waals surface area contributed by atoms with Crippen molar-refractivity contribution in [2.75, 3.05) is 4.90 Å². The second-order valence-electron chi connectivity index (χ2n) is 13.3. The Labute approximate surface area is 300 Å². The molecule has 3 heteroatoms. The van der Waals surface area contributed by atoms with E-state index >= 15 is 0 Å². The highest BCUT2D eigenvalue weighted by molar-refractivity contribution is 7.26. The summed E-state index contributed by atoms with van der Waals surface area (Å²) in [5.74, 6) is 0. The van der Waals surface area contributed by atoms with Crippen LogP contribution >= 0.6 is 11.3 Å². The summed E-state index contributed by atoms with van der Waals surface area (Å²) >= 11 is 1.86. The first-order valence-electron chi connectivity index (χ1n) is 17.5. The lowest BCUT2D eigenvalue weighted by atomic mass is 9.87. The van der Waals surface area contributed by atoms with Crippen molar-refractivity contribution in [1.29, 1.82) is 0 Å². The number of nitrogens with zero attached hydrogens (tertiary/aromatic N) is 1. The van der Waals surface area contributed by atoms with Gasteiger partial charge in [-0.1, -0.05) is 152 Å². The van der Waals surface area contributed by atoms with Crippen LogP contribution in [0.4, 0.5) is 11.4 Å². The Balaban J connectivity index is 1.25. The third kappa shape index (κ3) is 5.17. The SMILES string of the molecule is C1=C(c2ccccc2)C=C(c2ccccc2)CC1N(c1ccc(-c2ccccc2)cc1)c1cc2c3ccccc3sc2c2c1oc1ccccc12. The van der Waals surface area contributed by atoms with Gasteiger partial charge in [-0.2, -0.15) is 0 Å². The molecule has 0 fully saturated rings. The lowest BCUT2D eigenvalue weighted by Crippen LogP contribution is -2.31. The van der Waals surface area contributed by atoms with E-state index in [9.17, 15) is 0 Å². The maximum atomic E-state index is 6.93. The van der Waals surface area contributed by atoms with Gasteiger partial charge in [-0.15, -0.1) is 11.3 Å². The van der Waals surface area contributed by atoms with E-state index < -0.39 is 0 Å². The Morgan fingerprint density at radius 2 is 1.16 bits per heavy atom. The molecular formula is C48H33NOS. The molecule has 1 atom stereocenters. The number of rotatable bonds is 6. The number of hydrogen-bond donors (Lipinski definition) is 0. The van der Waals surface area contributed by atoms with E-state index in [0.29, 0.717) is 0 Å². The van der Waals surface area contributed by atoms with Crippen molar-refractivity contribution in [3.05, 3.63) is 193 Å². The molecule has 0 N–H and O–H groups in total. The van der Waals surface area contributed by atoms with Crippen molar-refractivity contribution < 1.29 is 4.42 Å². The number of anilines is 2. The summed E-state index contributed by atoms with van der Waals surface area (Å²) in [4.78, 5) is 2.53. The first-order chi connectivity index (χ1) is 25.3. The second kappa shape index (κ2) is 12.3. The first-order valence-corrected chi connectivity index (χ1v) is 18.3. The minimum Gasteiger partial charge on any atom is -0.454 e. The van der Waals surface area contributed by atoms with E-state index in [4.69, 9.17) is 4.42 Å². The summed E-state index contributed by atoms with van der Waals surface area (Å²) < 4.78 is 9.48. The normalized spacial score (nSPS) is 14.6. The average Bonchev–Trinajstić information content (AvgIpc) is 3.78. The highest BCUT2D eigenvalue weighted by atomic mass is 32.1. The number of furan rings is 1. The van der Waals surface area contributed by atoms with Gasteiger partial charge in [0.15, 0.2) is 5.58 Å². The van der Waals surface area contributed by atoms with Crippen LogP contribution in [0.5, 0.6) is 0 Å². The quantitative estimate of drug-likeness (QED) is 0.175. The van der Waals surface area contributed by atoms with E-state index in [0.717, 1.165) is 34.3 Å². The number of benzene rings is 7. The maximum absolute atomic E-state index is 6.93. The van der Waals surface area contributed by atoms with Crippen LogP contribution in [0.3, 0.4) is 0 Å². The Morgan fingerprint density at radius 3 is 1.90 bits per heavy atom. The van der Waals surface area contributed by atoms with Gasteiger partial charge >= 0.3 is 0 Å². The van der Waals surface area contributed by atoms with E-state index in [1.807, 2.05) is 11.3 Å². The smallest absolute Gasteiger partial charge is 0.160 e. The lowest BCUT2D eigenvalue weighted by molar-refractivity contribution is 0.665. The van der Waals surface area contributed by atoms with Crippen LogP contribution in [0.25, 0.3) is 64.4 Å². The fourth-order valence-corrected chi connectivity index (χ4v) is 9.03. The summed E-state index contributed by atoms with van der Waals surface area (Å²) in [6, 6.07) is 61.0. The number of para-hydroxylation sites is 1. The molecule has 2 aromatic heterocycles. The third-order valence-electron chi connectivity index (χ3n) is 10.2. The molecule has 0 bridgehead atoms. The van der Waals surface area contributed by atoms with Crippen molar-refractivity contribution in [3.63, 3.8) is 0 Å². The van der Waals surface area contributed by atoms with Gasteiger partial charge in [0.05, 0.1) is 11.7 Å². The Bertz CT molecular complexity index is 2750. The fourth-order valence-electron chi connectivity index (χ4n) is 7.80. The summed E-state index contributed by atoms with van der Waals surface area (Å²) in [6.07, 6.45) is 5.67. The van der Waals surface area contributed by atoms with Gasteiger partial charge in [0.25, 0.3) is 0 Å². The molecule has 2 nitrogen and oxygen atoms in total. The van der Waals surface area contributed by atoms with Gasteiger partial charge in [-0.3, -0.25) is 0 Å². The number of allylic oxidation sites excluding steroid dienone is 2. The zero-order chi connectivity index (χ0) is 33.7. The molecule has 1 aliphatic rings. The molecule has 242 valence electrons. The molecule has 1 aliphatic carbocycles. The molecule has 51 heavy (non-hydrogen) atoms. The predicted molar refractivity (Wildman–Crippen MR) is 218 cm³/mol. The average molecular weight is 672 g/mol. The van der Waals surface area contributed by atoms with E-state index in [-0.39, 0.29) is 6.04 Å². The standard InChI is InChI=1S/C48H33NOS/c1-4-14-32(15-5-1)35-24-26-38(27-25-35)49(39-29-36(33-16-6-2-7-17-33)28-37(30-39)34-18-8-3-9-19-34)43-31-42-40-20-11-13-23-45(40)51-48(42)46-41-21-10-12-22-44(41)50-47(43)46/h1-29,31,39H,30H2. The minimum atomic E-state index is 0.00162. The molecule has 0 saturated carbocycles. The largest absolute Gasteiger partial charge is 0.454 e. The van der Waals surface area contributed by atoms with Gasteiger partial charge in [-0.05, 0) is 70.2 Å². The molecule has 9 aromatic rings. The van der Waals surface area contributed by atoms with Crippen molar-refractivity contribution in [1.82, 2.24) is 0 Å². The van der Waals surface area contributed by atoms with Crippen LogP contribution in [0.2, 0.25) is 0 Å². The topological polar surface area (TPSA) is 16.4 Å². The Morgan fingerprint density at radius 1 is 0.549 bits per heavy atom. The van der Waals surface area contributed by atoms with Gasteiger partial charge in [0.2, 0.25) is 0 Å². The highest BCUT2D eigenvalue weighted by Crippen LogP contribution is 2.49. The van der Waals surface area contributed by atoms with Crippen LogP contribution in [0.15, 0.2) is 186 Å². The third-order valence-corrected chi connectivity index (χ3v) is 11.4. The van der Waals surface area contributed by atoms with Gasteiger partial charge in [0.1, 0.15) is 5.58 Å². The lowest BCUT2D eigenvalue weighted by Gasteiger charge is -2.35. The van der Waals surface area contributed by atoms with Crippen molar-refractivity contribution >= 4 is 76.0 Å². The van der Waals surface area contributed by atoms with E-state index in [1.54, 1.807) is 0 Å². The maximum Gasteiger partial charge on any atom is 0.160 e. The second-order valence-corrected chi connectivity index (χ2v) is 14.3. The van der Waals surface area contributed by atoms with Gasteiger partial charge in [0, 0.05) is 36.6 Å². The molecule has 0 amide bonds. The molecule has 0 radical (unpaired) electrons. The molecule has 1 unspecified atom stereocenters. The van der Waals surface area contributed by atoms with Gasteiger partial charge in [-0.25, -0.2) is 0 Å². The molecule has 0 saturated heterocycles. The zero-order valence-corrected chi connectivity index (χ0v) is 28.7. The molecule has 0 aliphatic heterocycles. The molecule has 7 aromatic carbocycles. The summed E-state index contributed by atoms with van der Waals surface area (Å²) in [5.41, 5.74) is 11.4. The zero-order valence-electron chi connectivity index (χ0n) is 27.9. The monoisotopic (exact) mass is 671 g/mol. The molecular weight excluding hydrogens is 639 g/mol. The van der Waals surface area contributed by atoms with Crippen molar-refractivity contribution in [2.45, 2.75) is 12.5 Å². The number of thiophene rings is 1. The number of hydrogen-bond acceptors (Lipinski definition) is 3. The van der Waals surface area contributed by atoms with E-state index in [2.05, 4.69) is 187 Å². The molecule has 0 spiro atoms. The van der Waals surface area contributed by atoms with Crippen molar-refractivity contribution in [3.8, 4) is 11.1 Å². The Kier molecular flexibility index (Phi) is 7.18. The van der Waals surface area contributed by atoms with Crippen LogP contribution in [0, 0.1) is 0 Å². The van der Waals surface area contributed by atoms with Crippen molar-refractivity contribution in [2.24, 2.45) is 0 Å². The van der Waals surface area contributed by atoms with Crippen LogP contribution in [-0.2, 0) is 0 Å². The van der Waals surface area contributed by atoms with Gasteiger partial charge < -0.3 is 9.32 Å². The fraction of sp³-hybridized carbons (Fsp3) is 0.0417. The van der Waals surface area contributed by atoms with Crippen LogP contribution in [0.1, 0.15) is 17.5 Å². The molecule has 10 rings (SSSR count). The Hall–Kier alpha value is -6.16. The minimum absolute atomic E-state index is 0.00162. The highest BCUT2D eigenvalue weighted by Gasteiger charge is 2.29. The van der Waals surface area contributed by atoms with E-state index in [1.165, 1.54) is 59.0 Å². The number of fused-ring (bicyclic) bond motifs is 7. The van der Waals surface area contributed by atoms with Crippen LogP contribution in [-0.4, -0.2) is 6.04 Å². The van der Waals surface area contributed by atoms with Crippen LogP contribution < -0.4 is 4.90 Å². The first kappa shape index (κ1) is 29.7. The summed E-state index contributed by atoms with van der Waals surface area (Å²) in [6.45, 7) is 0. The molecule has 2 heterocycles. The predicted octanol–water partition coefficient (Wildman–Crippen LogP) is 13.7. The summed E-state index contributed by atoms with van der Waals surface area (Å²) in [7, 11) is 0.